The van der Waals surface area contributed by atoms with E-state index >= 15 is 4.39 Å². The molecule has 1 atom stereocenters. The van der Waals surface area contributed by atoms with Gasteiger partial charge in [0.05, 0.1) is 17.1 Å². The molecule has 0 amide bonds. The summed E-state index contributed by atoms with van der Waals surface area (Å²) in [5.41, 5.74) is -0.968. The summed E-state index contributed by atoms with van der Waals surface area (Å²) >= 11 is 0. The SMILES string of the molecule is CC(C)NCC1CCN(c2c(F)cc3c(=O)c(OC(=O)O)cn(C4CC4)c3c2F)C1. The van der Waals surface area contributed by atoms with Gasteiger partial charge < -0.3 is 24.6 Å². The number of hydrogen-bond donors (Lipinski definition) is 2. The number of nitrogens with zero attached hydrogens (tertiary/aromatic N) is 2. The molecule has 30 heavy (non-hydrogen) atoms. The average molecular weight is 421 g/mol. The van der Waals surface area contributed by atoms with Crippen LogP contribution >= 0.6 is 0 Å². The van der Waals surface area contributed by atoms with E-state index in [1.165, 1.54) is 10.8 Å². The van der Waals surface area contributed by atoms with Crippen LogP contribution in [0, 0.1) is 17.6 Å². The number of pyridine rings is 1. The lowest BCUT2D eigenvalue weighted by atomic mass is 10.1. The second-order valence-corrected chi connectivity index (χ2v) is 8.41. The Balaban J connectivity index is 1.77. The number of halogens is 2. The Morgan fingerprint density at radius 1 is 1.33 bits per heavy atom. The van der Waals surface area contributed by atoms with Gasteiger partial charge >= 0.3 is 6.16 Å². The van der Waals surface area contributed by atoms with Crippen LogP contribution in [-0.4, -0.2) is 41.5 Å². The van der Waals surface area contributed by atoms with Crippen molar-refractivity contribution in [2.75, 3.05) is 24.5 Å². The minimum absolute atomic E-state index is 0.000365. The highest BCUT2D eigenvalue weighted by molar-refractivity contribution is 5.86. The van der Waals surface area contributed by atoms with E-state index < -0.39 is 29.0 Å². The van der Waals surface area contributed by atoms with Gasteiger partial charge in [-0.05, 0) is 37.8 Å². The fourth-order valence-corrected chi connectivity index (χ4v) is 4.11. The third kappa shape index (κ3) is 3.86. The standard InChI is InChI=1S/C21H25F2N3O4/c1-11(2)24-8-12-5-6-25(9-12)19-15(22)7-14-18(17(19)23)26(13-3-4-13)10-16(20(14)27)30-21(28)29/h7,10-13,24H,3-6,8-9H2,1-2H3,(H,28,29). The Morgan fingerprint density at radius 3 is 2.70 bits per heavy atom. The molecular weight excluding hydrogens is 396 g/mol. The van der Waals surface area contributed by atoms with Crippen LogP contribution in [0.3, 0.4) is 0 Å². The number of rotatable bonds is 6. The molecule has 4 rings (SSSR count). The Bertz CT molecular complexity index is 1050. The Morgan fingerprint density at radius 2 is 2.07 bits per heavy atom. The zero-order valence-electron chi connectivity index (χ0n) is 17.0. The monoisotopic (exact) mass is 421 g/mol. The lowest BCUT2D eigenvalue weighted by molar-refractivity contribution is 0.143. The van der Waals surface area contributed by atoms with Gasteiger partial charge in [0, 0.05) is 25.2 Å². The predicted molar refractivity (Wildman–Crippen MR) is 109 cm³/mol. The van der Waals surface area contributed by atoms with E-state index in [-0.39, 0.29) is 28.6 Å². The number of benzene rings is 1. The summed E-state index contributed by atoms with van der Waals surface area (Å²) in [4.78, 5) is 25.2. The van der Waals surface area contributed by atoms with Crippen LogP contribution < -0.4 is 20.4 Å². The maximum absolute atomic E-state index is 15.6. The first-order valence-corrected chi connectivity index (χ1v) is 10.2. The quantitative estimate of drug-likeness (QED) is 0.695. The van der Waals surface area contributed by atoms with Crippen LogP contribution in [0.5, 0.6) is 5.75 Å². The summed E-state index contributed by atoms with van der Waals surface area (Å²) in [6.45, 7) is 5.92. The third-order valence-electron chi connectivity index (χ3n) is 5.71. The van der Waals surface area contributed by atoms with Gasteiger partial charge in [0.25, 0.3) is 0 Å². The zero-order valence-corrected chi connectivity index (χ0v) is 17.0. The molecule has 1 aromatic carbocycles. The number of carboxylic acid groups (broad SMARTS) is 1. The summed E-state index contributed by atoms with van der Waals surface area (Å²) in [6.07, 6.45) is 1.93. The van der Waals surface area contributed by atoms with Crippen molar-refractivity contribution in [1.29, 1.82) is 0 Å². The van der Waals surface area contributed by atoms with Crippen molar-refractivity contribution in [1.82, 2.24) is 9.88 Å². The molecule has 1 saturated carbocycles. The molecule has 0 radical (unpaired) electrons. The predicted octanol–water partition coefficient (Wildman–Crippen LogP) is 3.50. The highest BCUT2D eigenvalue weighted by Gasteiger charge is 2.32. The number of nitrogens with one attached hydrogen (secondary N) is 1. The highest BCUT2D eigenvalue weighted by Crippen LogP contribution is 2.40. The van der Waals surface area contributed by atoms with Crippen LogP contribution in [0.4, 0.5) is 19.3 Å². The molecule has 0 spiro atoms. The second kappa shape index (κ2) is 7.86. The van der Waals surface area contributed by atoms with Gasteiger partial charge in [-0.1, -0.05) is 13.8 Å². The van der Waals surface area contributed by atoms with Gasteiger partial charge in [-0.15, -0.1) is 0 Å². The number of ether oxygens (including phenoxy) is 1. The average Bonchev–Trinajstić information content (AvgIpc) is 3.41. The fraction of sp³-hybridized carbons (Fsp3) is 0.524. The van der Waals surface area contributed by atoms with Crippen LogP contribution in [-0.2, 0) is 0 Å². The van der Waals surface area contributed by atoms with Crippen molar-refractivity contribution in [2.24, 2.45) is 5.92 Å². The van der Waals surface area contributed by atoms with Gasteiger partial charge in [0.2, 0.25) is 5.43 Å². The van der Waals surface area contributed by atoms with Crippen molar-refractivity contribution >= 4 is 22.7 Å². The van der Waals surface area contributed by atoms with Crippen molar-refractivity contribution in [2.45, 2.75) is 45.2 Å². The number of aromatic nitrogens is 1. The van der Waals surface area contributed by atoms with E-state index in [1.807, 2.05) is 0 Å². The molecule has 0 bridgehead atoms. The molecule has 1 aromatic heterocycles. The van der Waals surface area contributed by atoms with Crippen LogP contribution in [0.25, 0.3) is 10.9 Å². The fourth-order valence-electron chi connectivity index (χ4n) is 4.11. The smallest absolute Gasteiger partial charge is 0.449 e. The molecule has 2 aliphatic rings. The van der Waals surface area contributed by atoms with Gasteiger partial charge in [0.15, 0.2) is 11.6 Å². The van der Waals surface area contributed by atoms with E-state index in [4.69, 9.17) is 5.11 Å². The summed E-state index contributed by atoms with van der Waals surface area (Å²) in [7, 11) is 0. The van der Waals surface area contributed by atoms with E-state index in [0.29, 0.717) is 19.1 Å². The minimum atomic E-state index is -1.65. The van der Waals surface area contributed by atoms with Crippen molar-refractivity contribution in [3.05, 3.63) is 34.1 Å². The Hall–Kier alpha value is -2.68. The first-order chi connectivity index (χ1) is 14.3. The molecule has 7 nitrogen and oxygen atoms in total. The van der Waals surface area contributed by atoms with Gasteiger partial charge in [-0.25, -0.2) is 13.6 Å². The second-order valence-electron chi connectivity index (χ2n) is 8.41. The van der Waals surface area contributed by atoms with Gasteiger partial charge in [0.1, 0.15) is 11.5 Å². The molecular formula is C21H25F2N3O4. The normalized spacial score (nSPS) is 19.1. The van der Waals surface area contributed by atoms with E-state index in [0.717, 1.165) is 31.9 Å². The number of anilines is 1. The molecule has 2 fully saturated rings. The van der Waals surface area contributed by atoms with E-state index in [9.17, 15) is 14.0 Å². The largest absolute Gasteiger partial charge is 0.511 e. The molecule has 9 heteroatoms. The topological polar surface area (TPSA) is 83.8 Å². The molecule has 2 aromatic rings. The Kier molecular flexibility index (Phi) is 5.40. The van der Waals surface area contributed by atoms with Gasteiger partial charge in [-0.2, -0.15) is 0 Å². The zero-order chi connectivity index (χ0) is 21.6. The van der Waals surface area contributed by atoms with E-state index in [1.54, 1.807) is 4.90 Å². The van der Waals surface area contributed by atoms with Crippen molar-refractivity contribution in [3.63, 3.8) is 0 Å². The minimum Gasteiger partial charge on any atom is -0.449 e. The van der Waals surface area contributed by atoms with Crippen molar-refractivity contribution in [3.8, 4) is 5.75 Å². The summed E-state index contributed by atoms with van der Waals surface area (Å²) in [6, 6.07) is 1.27. The van der Waals surface area contributed by atoms with Crippen LogP contribution in [0.1, 0.15) is 39.2 Å². The number of carbonyl (C=O) groups is 1. The van der Waals surface area contributed by atoms with Crippen LogP contribution in [0.15, 0.2) is 17.1 Å². The maximum atomic E-state index is 15.6. The summed E-state index contributed by atoms with van der Waals surface area (Å²) in [5.74, 6) is -1.79. The van der Waals surface area contributed by atoms with Gasteiger partial charge in [-0.3, -0.25) is 4.79 Å². The summed E-state index contributed by atoms with van der Waals surface area (Å²) < 4.78 is 36.7. The molecule has 1 unspecified atom stereocenters. The van der Waals surface area contributed by atoms with Crippen LogP contribution in [0.2, 0.25) is 0 Å². The first-order valence-electron chi connectivity index (χ1n) is 10.2. The van der Waals surface area contributed by atoms with E-state index in [2.05, 4.69) is 23.9 Å². The Labute approximate surface area is 172 Å². The summed E-state index contributed by atoms with van der Waals surface area (Å²) in [5, 5.41) is 12.0. The highest BCUT2D eigenvalue weighted by atomic mass is 19.1. The number of fused-ring (bicyclic) bond motifs is 1. The molecule has 1 aliphatic heterocycles. The molecule has 162 valence electrons. The maximum Gasteiger partial charge on any atom is 0.511 e. The molecule has 2 heterocycles. The molecule has 1 aliphatic carbocycles. The first kappa shape index (κ1) is 20.6. The number of hydrogen-bond acceptors (Lipinski definition) is 5. The molecule has 2 N–H and O–H groups in total. The third-order valence-corrected chi connectivity index (χ3v) is 5.71. The lowest BCUT2D eigenvalue weighted by Crippen LogP contribution is -2.31. The lowest BCUT2D eigenvalue weighted by Gasteiger charge is -2.23. The van der Waals surface area contributed by atoms with Crippen molar-refractivity contribution < 1.29 is 23.4 Å². The molecule has 1 saturated heterocycles.